The maximum atomic E-state index is 8.82. The molecule has 1 fully saturated rings. The standard InChI is InChI=1S/C12H15BrO2/c13-11-7-9(5-6-14)3-4-12(11)15-8-10-1-2-10/h3-4,7,10,14H,1-2,5-6,8H2. The molecular formula is C12H15BrO2. The minimum atomic E-state index is 0.189. The average molecular weight is 271 g/mol. The molecule has 0 heterocycles. The van der Waals surface area contributed by atoms with Crippen molar-refractivity contribution < 1.29 is 9.84 Å². The Morgan fingerprint density at radius 2 is 2.20 bits per heavy atom. The second kappa shape index (κ2) is 4.99. The van der Waals surface area contributed by atoms with E-state index in [-0.39, 0.29) is 6.61 Å². The fraction of sp³-hybridized carbons (Fsp3) is 0.500. The van der Waals surface area contributed by atoms with Gasteiger partial charge in [0.05, 0.1) is 11.1 Å². The van der Waals surface area contributed by atoms with Crippen LogP contribution in [0.2, 0.25) is 0 Å². The van der Waals surface area contributed by atoms with Gasteiger partial charge >= 0.3 is 0 Å². The molecule has 1 saturated carbocycles. The van der Waals surface area contributed by atoms with E-state index in [4.69, 9.17) is 9.84 Å². The van der Waals surface area contributed by atoms with E-state index in [1.54, 1.807) is 0 Å². The molecule has 0 aromatic heterocycles. The van der Waals surface area contributed by atoms with Crippen molar-refractivity contribution in [2.45, 2.75) is 19.3 Å². The number of aliphatic hydroxyl groups excluding tert-OH is 1. The molecule has 82 valence electrons. The molecule has 0 spiro atoms. The lowest BCUT2D eigenvalue weighted by molar-refractivity contribution is 0.295. The van der Waals surface area contributed by atoms with Crippen LogP contribution < -0.4 is 4.74 Å². The summed E-state index contributed by atoms with van der Waals surface area (Å²) < 4.78 is 6.67. The van der Waals surface area contributed by atoms with Crippen molar-refractivity contribution in [1.82, 2.24) is 0 Å². The van der Waals surface area contributed by atoms with Crippen LogP contribution in [0.25, 0.3) is 0 Å². The smallest absolute Gasteiger partial charge is 0.133 e. The monoisotopic (exact) mass is 270 g/mol. The van der Waals surface area contributed by atoms with E-state index in [0.29, 0.717) is 6.42 Å². The van der Waals surface area contributed by atoms with Gasteiger partial charge in [-0.1, -0.05) is 6.07 Å². The summed E-state index contributed by atoms with van der Waals surface area (Å²) in [6.45, 7) is 1.02. The highest BCUT2D eigenvalue weighted by atomic mass is 79.9. The highest BCUT2D eigenvalue weighted by Gasteiger charge is 2.22. The second-order valence-corrected chi connectivity index (χ2v) is 4.85. The highest BCUT2D eigenvalue weighted by molar-refractivity contribution is 9.10. The van der Waals surface area contributed by atoms with Gasteiger partial charge in [0.25, 0.3) is 0 Å². The number of ether oxygens (including phenoxy) is 1. The zero-order valence-electron chi connectivity index (χ0n) is 8.58. The van der Waals surface area contributed by atoms with E-state index in [1.807, 2.05) is 18.2 Å². The van der Waals surface area contributed by atoms with E-state index in [0.717, 1.165) is 28.3 Å². The van der Waals surface area contributed by atoms with Crippen LogP contribution in [0.5, 0.6) is 5.75 Å². The number of hydrogen-bond donors (Lipinski definition) is 1. The van der Waals surface area contributed by atoms with Crippen molar-refractivity contribution in [3.63, 3.8) is 0 Å². The Bertz CT molecular complexity index is 334. The Labute approximate surface area is 98.4 Å². The maximum absolute atomic E-state index is 8.82. The summed E-state index contributed by atoms with van der Waals surface area (Å²) in [5, 5.41) is 8.82. The fourth-order valence-electron chi connectivity index (χ4n) is 1.44. The normalized spacial score (nSPS) is 15.3. The van der Waals surface area contributed by atoms with Crippen molar-refractivity contribution in [3.8, 4) is 5.75 Å². The van der Waals surface area contributed by atoms with Gasteiger partial charge in [-0.15, -0.1) is 0 Å². The lowest BCUT2D eigenvalue weighted by atomic mass is 10.1. The van der Waals surface area contributed by atoms with Crippen LogP contribution in [-0.4, -0.2) is 18.3 Å². The van der Waals surface area contributed by atoms with E-state index in [2.05, 4.69) is 15.9 Å². The van der Waals surface area contributed by atoms with Crippen LogP contribution in [0.4, 0.5) is 0 Å². The molecule has 1 aliphatic carbocycles. The highest BCUT2D eigenvalue weighted by Crippen LogP contribution is 2.32. The van der Waals surface area contributed by atoms with Gasteiger partial charge in [-0.2, -0.15) is 0 Å². The van der Waals surface area contributed by atoms with Crippen molar-refractivity contribution in [2.75, 3.05) is 13.2 Å². The third kappa shape index (κ3) is 3.21. The van der Waals surface area contributed by atoms with Gasteiger partial charge in [-0.05, 0) is 58.8 Å². The summed E-state index contributed by atoms with van der Waals surface area (Å²) in [5.74, 6) is 1.68. The first kappa shape index (κ1) is 11.0. The van der Waals surface area contributed by atoms with E-state index >= 15 is 0 Å². The molecule has 0 amide bonds. The Kier molecular flexibility index (Phi) is 3.65. The third-order valence-corrected chi connectivity index (χ3v) is 3.19. The van der Waals surface area contributed by atoms with Gasteiger partial charge < -0.3 is 9.84 Å². The molecule has 15 heavy (non-hydrogen) atoms. The molecule has 0 saturated heterocycles. The van der Waals surface area contributed by atoms with Gasteiger partial charge in [0.1, 0.15) is 5.75 Å². The van der Waals surface area contributed by atoms with E-state index < -0.39 is 0 Å². The first-order chi connectivity index (χ1) is 7.29. The molecule has 1 aromatic carbocycles. The first-order valence-electron chi connectivity index (χ1n) is 5.31. The molecule has 1 aromatic rings. The second-order valence-electron chi connectivity index (χ2n) is 3.99. The molecule has 0 bridgehead atoms. The maximum Gasteiger partial charge on any atom is 0.133 e. The number of benzene rings is 1. The summed E-state index contributed by atoms with van der Waals surface area (Å²) >= 11 is 3.48. The lowest BCUT2D eigenvalue weighted by Crippen LogP contribution is -2.00. The quantitative estimate of drug-likeness (QED) is 0.892. The third-order valence-electron chi connectivity index (χ3n) is 2.57. The minimum Gasteiger partial charge on any atom is -0.492 e. The molecule has 1 aliphatic rings. The molecule has 0 radical (unpaired) electrons. The predicted octanol–water partition coefficient (Wildman–Crippen LogP) is 2.77. The van der Waals surface area contributed by atoms with Crippen LogP contribution in [0.3, 0.4) is 0 Å². The Balaban J connectivity index is 1.97. The fourth-order valence-corrected chi connectivity index (χ4v) is 1.98. The number of hydrogen-bond acceptors (Lipinski definition) is 2. The largest absolute Gasteiger partial charge is 0.492 e. The molecule has 2 nitrogen and oxygen atoms in total. The molecule has 3 heteroatoms. The Morgan fingerprint density at radius 1 is 1.40 bits per heavy atom. The molecule has 2 rings (SSSR count). The van der Waals surface area contributed by atoms with Crippen LogP contribution in [0.15, 0.2) is 22.7 Å². The van der Waals surface area contributed by atoms with Crippen molar-refractivity contribution in [1.29, 1.82) is 0 Å². The summed E-state index contributed by atoms with van der Waals surface area (Å²) in [7, 11) is 0. The van der Waals surface area contributed by atoms with Crippen molar-refractivity contribution in [2.24, 2.45) is 5.92 Å². The summed E-state index contributed by atoms with van der Waals surface area (Å²) in [6.07, 6.45) is 3.31. The van der Waals surface area contributed by atoms with E-state index in [1.165, 1.54) is 12.8 Å². The zero-order valence-corrected chi connectivity index (χ0v) is 10.2. The minimum absolute atomic E-state index is 0.189. The molecule has 0 atom stereocenters. The molecular weight excluding hydrogens is 256 g/mol. The lowest BCUT2D eigenvalue weighted by Gasteiger charge is -2.08. The summed E-state index contributed by atoms with van der Waals surface area (Å²) in [5.41, 5.74) is 1.13. The van der Waals surface area contributed by atoms with Crippen molar-refractivity contribution >= 4 is 15.9 Å². The summed E-state index contributed by atoms with van der Waals surface area (Å²) in [4.78, 5) is 0. The van der Waals surface area contributed by atoms with Crippen LogP contribution in [-0.2, 0) is 6.42 Å². The topological polar surface area (TPSA) is 29.5 Å². The Morgan fingerprint density at radius 3 is 2.80 bits per heavy atom. The SMILES string of the molecule is OCCc1ccc(OCC2CC2)c(Br)c1. The molecule has 1 N–H and O–H groups in total. The van der Waals surface area contributed by atoms with Gasteiger partial charge in [-0.25, -0.2) is 0 Å². The predicted molar refractivity (Wildman–Crippen MR) is 63.2 cm³/mol. The van der Waals surface area contributed by atoms with Crippen LogP contribution in [0, 0.1) is 5.92 Å². The number of aliphatic hydroxyl groups is 1. The molecule has 0 aliphatic heterocycles. The average Bonchev–Trinajstić information content (AvgIpc) is 3.01. The number of rotatable bonds is 5. The van der Waals surface area contributed by atoms with Crippen LogP contribution in [0.1, 0.15) is 18.4 Å². The van der Waals surface area contributed by atoms with Crippen LogP contribution >= 0.6 is 15.9 Å². The van der Waals surface area contributed by atoms with Gasteiger partial charge in [0.2, 0.25) is 0 Å². The zero-order chi connectivity index (χ0) is 10.7. The van der Waals surface area contributed by atoms with Gasteiger partial charge in [0.15, 0.2) is 0 Å². The number of halogens is 1. The van der Waals surface area contributed by atoms with Gasteiger partial charge in [-0.3, -0.25) is 0 Å². The Hall–Kier alpha value is -0.540. The first-order valence-corrected chi connectivity index (χ1v) is 6.11. The van der Waals surface area contributed by atoms with Crippen molar-refractivity contribution in [3.05, 3.63) is 28.2 Å². The van der Waals surface area contributed by atoms with E-state index in [9.17, 15) is 0 Å². The van der Waals surface area contributed by atoms with Gasteiger partial charge in [0, 0.05) is 6.61 Å². The molecule has 0 unspecified atom stereocenters. The summed E-state index contributed by atoms with van der Waals surface area (Å²) in [6, 6.07) is 5.99.